The molecule has 1 spiro atoms. The summed E-state index contributed by atoms with van der Waals surface area (Å²) < 4.78 is 5.55. The number of hydrogen-bond donors (Lipinski definition) is 0. The Labute approximate surface area is 97.2 Å². The van der Waals surface area contributed by atoms with Gasteiger partial charge in [0.05, 0.1) is 12.2 Å². The van der Waals surface area contributed by atoms with Gasteiger partial charge in [0.15, 0.2) is 0 Å². The lowest BCUT2D eigenvalue weighted by atomic mass is 9.96. The Bertz CT molecular complexity index is 374. The van der Waals surface area contributed by atoms with Gasteiger partial charge in [-0.25, -0.2) is 0 Å². The fourth-order valence-corrected chi connectivity index (χ4v) is 2.66. The minimum absolute atomic E-state index is 0.289. The minimum Gasteiger partial charge on any atom is -0.371 e. The molecule has 0 N–H and O–H groups in total. The van der Waals surface area contributed by atoms with E-state index in [1.807, 2.05) is 0 Å². The normalized spacial score (nSPS) is 22.4. The molecule has 2 aliphatic rings. The third-order valence-corrected chi connectivity index (χ3v) is 3.94. The highest BCUT2D eigenvalue weighted by atomic mass is 16.6. The van der Waals surface area contributed by atoms with Gasteiger partial charge in [0.1, 0.15) is 0 Å². The SMILES string of the molecule is CCc1ccccc1N1CCC2(CC1)CO2. The maximum Gasteiger partial charge on any atom is 0.0950 e. The fourth-order valence-electron chi connectivity index (χ4n) is 2.66. The van der Waals surface area contributed by atoms with Crippen molar-refractivity contribution < 1.29 is 4.74 Å². The zero-order valence-corrected chi connectivity index (χ0v) is 9.91. The molecular formula is C14H19NO. The van der Waals surface area contributed by atoms with E-state index in [0.717, 1.165) is 26.1 Å². The van der Waals surface area contributed by atoms with Crippen LogP contribution in [0.2, 0.25) is 0 Å². The molecule has 16 heavy (non-hydrogen) atoms. The third kappa shape index (κ3) is 1.71. The molecule has 0 unspecified atom stereocenters. The molecule has 0 aromatic heterocycles. The van der Waals surface area contributed by atoms with Gasteiger partial charge in [0.2, 0.25) is 0 Å². The summed E-state index contributed by atoms with van der Waals surface area (Å²) in [5, 5.41) is 0. The van der Waals surface area contributed by atoms with Crippen LogP contribution < -0.4 is 4.90 Å². The van der Waals surface area contributed by atoms with Crippen LogP contribution in [-0.2, 0) is 11.2 Å². The van der Waals surface area contributed by atoms with E-state index in [-0.39, 0.29) is 5.60 Å². The Hall–Kier alpha value is -1.02. The number of ether oxygens (including phenoxy) is 1. The van der Waals surface area contributed by atoms with E-state index in [0.29, 0.717) is 0 Å². The molecule has 3 rings (SSSR count). The molecular weight excluding hydrogens is 198 g/mol. The fraction of sp³-hybridized carbons (Fsp3) is 0.571. The number of piperidine rings is 1. The van der Waals surface area contributed by atoms with Crippen LogP contribution in [0.5, 0.6) is 0 Å². The number of epoxide rings is 1. The maximum absolute atomic E-state index is 5.55. The van der Waals surface area contributed by atoms with Crippen molar-refractivity contribution in [2.75, 3.05) is 24.6 Å². The van der Waals surface area contributed by atoms with Crippen molar-refractivity contribution in [1.29, 1.82) is 0 Å². The predicted molar refractivity (Wildman–Crippen MR) is 66.0 cm³/mol. The lowest BCUT2D eigenvalue weighted by Gasteiger charge is -2.33. The Balaban J connectivity index is 1.77. The number of hydrogen-bond acceptors (Lipinski definition) is 2. The zero-order chi connectivity index (χ0) is 11.0. The second-order valence-corrected chi connectivity index (χ2v) is 4.94. The molecule has 0 radical (unpaired) electrons. The smallest absolute Gasteiger partial charge is 0.0950 e. The van der Waals surface area contributed by atoms with Gasteiger partial charge in [0.25, 0.3) is 0 Å². The number of aryl methyl sites for hydroxylation is 1. The molecule has 0 amide bonds. The lowest BCUT2D eigenvalue weighted by Crippen LogP contribution is -2.38. The molecule has 1 aromatic rings. The van der Waals surface area contributed by atoms with Gasteiger partial charge in [-0.3, -0.25) is 0 Å². The van der Waals surface area contributed by atoms with Crippen LogP contribution in [-0.4, -0.2) is 25.3 Å². The van der Waals surface area contributed by atoms with E-state index in [1.165, 1.54) is 24.1 Å². The van der Waals surface area contributed by atoms with Crippen LogP contribution in [0.4, 0.5) is 5.69 Å². The monoisotopic (exact) mass is 217 g/mol. The Morgan fingerprint density at radius 1 is 1.25 bits per heavy atom. The summed E-state index contributed by atoms with van der Waals surface area (Å²) in [6, 6.07) is 8.78. The van der Waals surface area contributed by atoms with Crippen molar-refractivity contribution in [2.45, 2.75) is 31.8 Å². The Kier molecular flexibility index (Phi) is 2.40. The lowest BCUT2D eigenvalue weighted by molar-refractivity contribution is 0.258. The van der Waals surface area contributed by atoms with Gasteiger partial charge in [-0.05, 0) is 30.9 Å². The van der Waals surface area contributed by atoms with E-state index < -0.39 is 0 Å². The number of rotatable bonds is 2. The largest absolute Gasteiger partial charge is 0.371 e. The van der Waals surface area contributed by atoms with Crippen molar-refractivity contribution in [2.24, 2.45) is 0 Å². The summed E-state index contributed by atoms with van der Waals surface area (Å²) in [7, 11) is 0. The standard InChI is InChI=1S/C14H19NO/c1-2-12-5-3-4-6-13(12)15-9-7-14(8-10-15)11-16-14/h3-6H,2,7-11H2,1H3. The number of nitrogens with zero attached hydrogens (tertiary/aromatic N) is 1. The first-order chi connectivity index (χ1) is 7.83. The van der Waals surface area contributed by atoms with Gasteiger partial charge in [-0.2, -0.15) is 0 Å². The highest BCUT2D eigenvalue weighted by Crippen LogP contribution is 2.39. The molecule has 2 heteroatoms. The van der Waals surface area contributed by atoms with E-state index >= 15 is 0 Å². The quantitative estimate of drug-likeness (QED) is 0.708. The van der Waals surface area contributed by atoms with Gasteiger partial charge in [0, 0.05) is 18.8 Å². The number of benzene rings is 1. The van der Waals surface area contributed by atoms with Gasteiger partial charge in [-0.1, -0.05) is 25.1 Å². The number of para-hydroxylation sites is 1. The van der Waals surface area contributed by atoms with Crippen molar-refractivity contribution in [1.82, 2.24) is 0 Å². The van der Waals surface area contributed by atoms with Crippen LogP contribution in [0.3, 0.4) is 0 Å². The van der Waals surface area contributed by atoms with E-state index in [4.69, 9.17) is 4.74 Å². The maximum atomic E-state index is 5.55. The summed E-state index contributed by atoms with van der Waals surface area (Å²) in [4.78, 5) is 2.52. The van der Waals surface area contributed by atoms with Crippen molar-refractivity contribution >= 4 is 5.69 Å². The number of anilines is 1. The molecule has 2 heterocycles. The first kappa shape index (κ1) is 10.2. The van der Waals surface area contributed by atoms with Gasteiger partial charge in [-0.15, -0.1) is 0 Å². The topological polar surface area (TPSA) is 15.8 Å². The second kappa shape index (κ2) is 3.77. The van der Waals surface area contributed by atoms with Crippen LogP contribution in [0, 0.1) is 0 Å². The Morgan fingerprint density at radius 2 is 1.94 bits per heavy atom. The van der Waals surface area contributed by atoms with E-state index in [1.54, 1.807) is 0 Å². The molecule has 0 saturated carbocycles. The molecule has 2 saturated heterocycles. The first-order valence-corrected chi connectivity index (χ1v) is 6.30. The van der Waals surface area contributed by atoms with E-state index in [2.05, 4.69) is 36.1 Å². The van der Waals surface area contributed by atoms with Crippen LogP contribution in [0.15, 0.2) is 24.3 Å². The second-order valence-electron chi connectivity index (χ2n) is 4.94. The molecule has 2 nitrogen and oxygen atoms in total. The average Bonchev–Trinajstić information content (AvgIpc) is 3.10. The zero-order valence-electron chi connectivity index (χ0n) is 9.91. The highest BCUT2D eigenvalue weighted by molar-refractivity contribution is 5.54. The molecule has 86 valence electrons. The summed E-state index contributed by atoms with van der Waals surface area (Å²) in [5.74, 6) is 0. The molecule has 0 bridgehead atoms. The summed E-state index contributed by atoms with van der Waals surface area (Å²) in [5.41, 5.74) is 3.19. The van der Waals surface area contributed by atoms with Crippen molar-refractivity contribution in [3.8, 4) is 0 Å². The summed E-state index contributed by atoms with van der Waals surface area (Å²) in [6.45, 7) is 5.53. The van der Waals surface area contributed by atoms with Crippen LogP contribution in [0.25, 0.3) is 0 Å². The van der Waals surface area contributed by atoms with Crippen molar-refractivity contribution in [3.63, 3.8) is 0 Å². The molecule has 2 aliphatic heterocycles. The molecule has 1 aromatic carbocycles. The molecule has 0 atom stereocenters. The minimum atomic E-state index is 0.289. The van der Waals surface area contributed by atoms with Crippen LogP contribution >= 0.6 is 0 Å². The van der Waals surface area contributed by atoms with E-state index in [9.17, 15) is 0 Å². The first-order valence-electron chi connectivity index (χ1n) is 6.30. The van der Waals surface area contributed by atoms with Crippen LogP contribution in [0.1, 0.15) is 25.3 Å². The Morgan fingerprint density at radius 3 is 2.56 bits per heavy atom. The molecule has 0 aliphatic carbocycles. The predicted octanol–water partition coefficient (Wildman–Crippen LogP) is 2.62. The highest BCUT2D eigenvalue weighted by Gasteiger charge is 2.46. The third-order valence-electron chi connectivity index (χ3n) is 3.94. The summed E-state index contributed by atoms with van der Waals surface area (Å²) >= 11 is 0. The van der Waals surface area contributed by atoms with Crippen molar-refractivity contribution in [3.05, 3.63) is 29.8 Å². The average molecular weight is 217 g/mol. The van der Waals surface area contributed by atoms with Gasteiger partial charge < -0.3 is 9.64 Å². The summed E-state index contributed by atoms with van der Waals surface area (Å²) in [6.07, 6.45) is 3.52. The molecule has 2 fully saturated rings. The van der Waals surface area contributed by atoms with Gasteiger partial charge >= 0.3 is 0 Å².